The fourth-order valence-corrected chi connectivity index (χ4v) is 0.440. The second-order valence-electron chi connectivity index (χ2n) is 1.47. The van der Waals surface area contributed by atoms with E-state index in [9.17, 15) is 9.59 Å². The van der Waals surface area contributed by atoms with Crippen molar-refractivity contribution in [2.24, 2.45) is 0 Å². The molecule has 3 heteroatoms. The van der Waals surface area contributed by atoms with Crippen molar-refractivity contribution in [3.05, 3.63) is 24.3 Å². The monoisotopic (exact) mass is 192 g/mol. The SMILES string of the molecule is O=C1C=CC(=O)C=C1.[Kr]. The average Bonchev–Trinajstić information content (AvgIpc) is 1.77. The first-order valence-corrected chi connectivity index (χ1v) is 2.23. The van der Waals surface area contributed by atoms with Gasteiger partial charge in [0.2, 0.25) is 0 Å². The molecule has 0 spiro atoms. The minimum Gasteiger partial charge on any atom is -0.290 e. The number of allylic oxidation sites excluding steroid dienone is 4. The molecule has 0 aromatic heterocycles. The van der Waals surface area contributed by atoms with E-state index >= 15 is 0 Å². The van der Waals surface area contributed by atoms with E-state index in [1.165, 1.54) is 24.3 Å². The average molecular weight is 192 g/mol. The predicted molar refractivity (Wildman–Crippen MR) is 28.3 cm³/mol. The Kier molecular flexibility index (Phi) is 4.31. The Bertz CT molecular complexity index is 153. The molecule has 0 aromatic rings. The summed E-state index contributed by atoms with van der Waals surface area (Å²) in [5.74, 6) is -0.241. The Morgan fingerprint density at radius 1 is 0.778 bits per heavy atom. The van der Waals surface area contributed by atoms with Crippen molar-refractivity contribution in [3.8, 4) is 0 Å². The third-order valence-corrected chi connectivity index (χ3v) is 0.824. The number of hydrogen-bond donors (Lipinski definition) is 0. The van der Waals surface area contributed by atoms with Gasteiger partial charge in [-0.15, -0.1) is 0 Å². The molecule has 1 aliphatic rings. The van der Waals surface area contributed by atoms with Crippen LogP contribution in [-0.4, -0.2) is 11.6 Å². The van der Waals surface area contributed by atoms with Crippen molar-refractivity contribution in [1.29, 1.82) is 0 Å². The molecular formula is C6H4KrO2. The summed E-state index contributed by atoms with van der Waals surface area (Å²) in [4.78, 5) is 20.6. The van der Waals surface area contributed by atoms with Gasteiger partial charge in [-0.25, -0.2) is 0 Å². The van der Waals surface area contributed by atoms with Crippen LogP contribution in [0.3, 0.4) is 0 Å². The summed E-state index contributed by atoms with van der Waals surface area (Å²) in [6, 6.07) is 0. The first-order chi connectivity index (χ1) is 3.79. The molecule has 1 aliphatic carbocycles. The van der Waals surface area contributed by atoms with Crippen molar-refractivity contribution >= 4 is 11.6 Å². The largest absolute Gasteiger partial charge is 0.290 e. The van der Waals surface area contributed by atoms with Gasteiger partial charge in [-0.3, -0.25) is 9.59 Å². The van der Waals surface area contributed by atoms with Gasteiger partial charge in [0.25, 0.3) is 0 Å². The van der Waals surface area contributed by atoms with E-state index in [0.29, 0.717) is 0 Å². The van der Waals surface area contributed by atoms with Crippen LogP contribution in [-0.2, 0) is 9.59 Å². The smallest absolute Gasteiger partial charge is 0.178 e. The molecule has 0 N–H and O–H groups in total. The van der Waals surface area contributed by atoms with Crippen molar-refractivity contribution in [2.45, 2.75) is 0 Å². The number of ketones is 2. The Morgan fingerprint density at radius 2 is 1.00 bits per heavy atom. The van der Waals surface area contributed by atoms with E-state index in [1.54, 1.807) is 0 Å². The van der Waals surface area contributed by atoms with Crippen LogP contribution in [0.15, 0.2) is 24.3 Å². The Morgan fingerprint density at radius 3 is 1.22 bits per heavy atom. The van der Waals surface area contributed by atoms with Gasteiger partial charge in [0.15, 0.2) is 11.6 Å². The molecule has 0 amide bonds. The van der Waals surface area contributed by atoms with E-state index in [-0.39, 0.29) is 57.0 Å². The number of carbonyl (C=O) groups excluding carboxylic acids is 2. The summed E-state index contributed by atoms with van der Waals surface area (Å²) in [6.45, 7) is 0. The second-order valence-corrected chi connectivity index (χ2v) is 1.47. The van der Waals surface area contributed by atoms with Gasteiger partial charge in [0.05, 0.1) is 0 Å². The van der Waals surface area contributed by atoms with Crippen LogP contribution in [0.2, 0.25) is 0 Å². The van der Waals surface area contributed by atoms with Gasteiger partial charge in [-0.1, -0.05) is 0 Å². The maximum absolute atomic E-state index is 10.3. The molecule has 0 unspecified atom stereocenters. The minimum atomic E-state index is -0.121. The number of hydrogen-bond acceptors (Lipinski definition) is 2. The van der Waals surface area contributed by atoms with Crippen molar-refractivity contribution in [3.63, 3.8) is 0 Å². The molecule has 0 bridgehead atoms. The van der Waals surface area contributed by atoms with Gasteiger partial charge >= 0.3 is 0 Å². The first-order valence-electron chi connectivity index (χ1n) is 2.23. The summed E-state index contributed by atoms with van der Waals surface area (Å²) in [7, 11) is 0. The summed E-state index contributed by atoms with van der Waals surface area (Å²) < 4.78 is 0. The maximum Gasteiger partial charge on any atom is 0.178 e. The molecule has 0 saturated carbocycles. The molecule has 2 nitrogen and oxygen atoms in total. The molecule has 0 radical (unpaired) electrons. The van der Waals surface area contributed by atoms with Crippen molar-refractivity contribution in [2.75, 3.05) is 0 Å². The van der Waals surface area contributed by atoms with Gasteiger partial charge in [0.1, 0.15) is 0 Å². The van der Waals surface area contributed by atoms with Gasteiger partial charge in [-0.05, 0) is 24.3 Å². The molecule has 48 valence electrons. The topological polar surface area (TPSA) is 34.1 Å². The van der Waals surface area contributed by atoms with Gasteiger partial charge < -0.3 is 0 Å². The zero-order valence-electron chi connectivity index (χ0n) is 4.48. The standard InChI is InChI=1S/C6H4O2.Kr/c7-5-1-2-6(8)4-3-5;/h1-4H;. The van der Waals surface area contributed by atoms with Crippen LogP contribution in [0.25, 0.3) is 0 Å². The Balaban J connectivity index is 0.000000640. The van der Waals surface area contributed by atoms with E-state index in [1.807, 2.05) is 0 Å². The van der Waals surface area contributed by atoms with Crippen LogP contribution >= 0.6 is 0 Å². The normalized spacial score (nSPS) is 15.6. The molecular weight excluding hydrogens is 188 g/mol. The Hall–Kier alpha value is 0.301. The molecule has 0 aromatic carbocycles. The van der Waals surface area contributed by atoms with E-state index < -0.39 is 0 Å². The van der Waals surface area contributed by atoms with E-state index in [2.05, 4.69) is 0 Å². The minimum absolute atomic E-state index is 0. The van der Waals surface area contributed by atoms with Crippen LogP contribution in [0.4, 0.5) is 0 Å². The molecule has 0 aliphatic heterocycles. The van der Waals surface area contributed by atoms with Crippen LogP contribution in [0.5, 0.6) is 0 Å². The predicted octanol–water partition coefficient (Wildman–Crippen LogP) is 0.251. The van der Waals surface area contributed by atoms with Crippen molar-refractivity contribution in [1.82, 2.24) is 0 Å². The van der Waals surface area contributed by atoms with Gasteiger partial charge in [0, 0.05) is 45.5 Å². The molecule has 0 heterocycles. The number of rotatable bonds is 0. The quantitative estimate of drug-likeness (QED) is 0.515. The molecule has 0 saturated heterocycles. The Labute approximate surface area is 89.9 Å². The second kappa shape index (κ2) is 4.17. The van der Waals surface area contributed by atoms with E-state index in [4.69, 9.17) is 0 Å². The molecule has 0 fully saturated rings. The zero-order chi connectivity index (χ0) is 5.98. The fraction of sp³-hybridized carbons (Fsp3) is 0. The molecule has 1 rings (SSSR count). The van der Waals surface area contributed by atoms with Gasteiger partial charge in [-0.2, -0.15) is 0 Å². The zero-order valence-corrected chi connectivity index (χ0v) is 5.96. The molecule has 0 atom stereocenters. The maximum atomic E-state index is 10.3. The molecule has 9 heavy (non-hydrogen) atoms. The van der Waals surface area contributed by atoms with Crippen LogP contribution in [0, 0.1) is 45.5 Å². The summed E-state index contributed by atoms with van der Waals surface area (Å²) in [6.07, 6.45) is 5.01. The first kappa shape index (κ1) is 9.30. The number of carbonyl (C=O) groups is 2. The summed E-state index contributed by atoms with van der Waals surface area (Å²) in [5.41, 5.74) is 0. The third kappa shape index (κ3) is 3.11. The van der Waals surface area contributed by atoms with Crippen LogP contribution in [0.1, 0.15) is 0 Å². The van der Waals surface area contributed by atoms with E-state index in [0.717, 1.165) is 0 Å². The summed E-state index contributed by atoms with van der Waals surface area (Å²) in [5, 5.41) is 0. The summed E-state index contributed by atoms with van der Waals surface area (Å²) >= 11 is 0. The third-order valence-electron chi connectivity index (χ3n) is 0.824. The fourth-order valence-electron chi connectivity index (χ4n) is 0.440. The van der Waals surface area contributed by atoms with Crippen molar-refractivity contribution < 1.29 is 55.1 Å². The van der Waals surface area contributed by atoms with Crippen LogP contribution < -0.4 is 0 Å².